The lowest BCUT2D eigenvalue weighted by atomic mass is 10.1. The summed E-state index contributed by atoms with van der Waals surface area (Å²) >= 11 is 5.95. The van der Waals surface area contributed by atoms with Crippen LogP contribution in [0.25, 0.3) is 11.0 Å². The molecular weight excluding hydrogens is 273 g/mol. The average Bonchev–Trinajstić information content (AvgIpc) is 2.61. The van der Waals surface area contributed by atoms with E-state index in [9.17, 15) is 4.39 Å². The SMILES string of the molecule is Cc1nc2c(OCC3(F)COC3)nc(Cl)cc2n1C. The number of nitrogens with zero attached hydrogens (tertiary/aromatic N) is 3. The summed E-state index contributed by atoms with van der Waals surface area (Å²) in [6.07, 6.45) is 0. The highest BCUT2D eigenvalue weighted by atomic mass is 35.5. The molecule has 1 aliphatic heterocycles. The molecule has 0 amide bonds. The number of aromatic nitrogens is 3. The first-order valence-corrected chi connectivity index (χ1v) is 6.25. The van der Waals surface area contributed by atoms with E-state index >= 15 is 0 Å². The molecule has 0 radical (unpaired) electrons. The fraction of sp³-hybridized carbons (Fsp3) is 0.500. The minimum absolute atomic E-state index is 0.0535. The van der Waals surface area contributed by atoms with Crippen LogP contribution in [0.2, 0.25) is 5.15 Å². The second kappa shape index (κ2) is 4.31. The third-order valence-corrected chi connectivity index (χ3v) is 3.41. The zero-order chi connectivity index (χ0) is 13.6. The summed E-state index contributed by atoms with van der Waals surface area (Å²) in [6, 6.07) is 1.71. The van der Waals surface area contributed by atoms with Crippen LogP contribution in [-0.4, -0.2) is 40.0 Å². The maximum atomic E-state index is 13.8. The topological polar surface area (TPSA) is 49.2 Å². The molecule has 2 aromatic heterocycles. The van der Waals surface area contributed by atoms with Crippen molar-refractivity contribution >= 4 is 22.6 Å². The van der Waals surface area contributed by atoms with E-state index in [1.54, 1.807) is 6.07 Å². The Labute approximate surface area is 114 Å². The van der Waals surface area contributed by atoms with Gasteiger partial charge in [0.2, 0.25) is 5.88 Å². The summed E-state index contributed by atoms with van der Waals surface area (Å²) in [5, 5.41) is 0.295. The number of hydrogen-bond acceptors (Lipinski definition) is 4. The summed E-state index contributed by atoms with van der Waals surface area (Å²) < 4.78 is 26.0. The van der Waals surface area contributed by atoms with Crippen LogP contribution in [0.1, 0.15) is 5.82 Å². The number of pyridine rings is 1. The van der Waals surface area contributed by atoms with Crippen LogP contribution in [0.4, 0.5) is 4.39 Å². The highest BCUT2D eigenvalue weighted by Gasteiger charge is 2.40. The summed E-state index contributed by atoms with van der Waals surface area (Å²) in [5.41, 5.74) is -0.0290. The van der Waals surface area contributed by atoms with Gasteiger partial charge >= 0.3 is 0 Å². The summed E-state index contributed by atoms with van der Waals surface area (Å²) in [4.78, 5) is 8.44. The molecule has 3 heterocycles. The molecule has 1 fully saturated rings. The largest absolute Gasteiger partial charge is 0.472 e. The molecule has 0 bridgehead atoms. The van der Waals surface area contributed by atoms with E-state index in [0.717, 1.165) is 11.3 Å². The van der Waals surface area contributed by atoms with Crippen LogP contribution in [0.3, 0.4) is 0 Å². The van der Waals surface area contributed by atoms with Crippen LogP contribution in [0, 0.1) is 6.92 Å². The molecule has 5 nitrogen and oxygen atoms in total. The summed E-state index contributed by atoms with van der Waals surface area (Å²) in [7, 11) is 1.88. The summed E-state index contributed by atoms with van der Waals surface area (Å²) in [5.74, 6) is 1.07. The zero-order valence-electron chi connectivity index (χ0n) is 10.6. The Morgan fingerprint density at radius 3 is 2.89 bits per heavy atom. The molecule has 1 saturated heterocycles. The van der Waals surface area contributed by atoms with Crippen molar-refractivity contribution in [2.45, 2.75) is 12.6 Å². The number of fused-ring (bicyclic) bond motifs is 1. The number of rotatable bonds is 3. The Hall–Kier alpha value is -1.40. The van der Waals surface area contributed by atoms with Gasteiger partial charge in [-0.3, -0.25) is 0 Å². The molecule has 0 spiro atoms. The first kappa shape index (κ1) is 12.6. The van der Waals surface area contributed by atoms with Crippen molar-refractivity contribution in [1.82, 2.24) is 14.5 Å². The number of halogens is 2. The minimum Gasteiger partial charge on any atom is -0.472 e. The van der Waals surface area contributed by atoms with Crippen LogP contribution in [-0.2, 0) is 11.8 Å². The van der Waals surface area contributed by atoms with E-state index in [4.69, 9.17) is 21.1 Å². The lowest BCUT2D eigenvalue weighted by Gasteiger charge is -2.32. The van der Waals surface area contributed by atoms with Gasteiger partial charge in [-0.05, 0) is 6.92 Å². The maximum absolute atomic E-state index is 13.8. The maximum Gasteiger partial charge on any atom is 0.243 e. The van der Waals surface area contributed by atoms with Crippen molar-refractivity contribution < 1.29 is 13.9 Å². The van der Waals surface area contributed by atoms with Gasteiger partial charge in [-0.25, -0.2) is 9.37 Å². The molecule has 1 aliphatic rings. The Bertz CT molecular complexity index is 639. The van der Waals surface area contributed by atoms with Gasteiger partial charge in [-0.2, -0.15) is 4.98 Å². The molecule has 3 rings (SSSR count). The molecule has 0 aliphatic carbocycles. The van der Waals surface area contributed by atoms with Crippen LogP contribution in [0.5, 0.6) is 5.88 Å². The van der Waals surface area contributed by atoms with Gasteiger partial charge < -0.3 is 14.0 Å². The Kier molecular flexibility index (Phi) is 2.87. The molecular formula is C12H13ClFN3O2. The van der Waals surface area contributed by atoms with E-state index in [1.807, 2.05) is 18.5 Å². The molecule has 0 aromatic carbocycles. The van der Waals surface area contributed by atoms with E-state index < -0.39 is 5.67 Å². The quantitative estimate of drug-likeness (QED) is 0.810. The normalized spacial score (nSPS) is 17.5. The average molecular weight is 286 g/mol. The molecule has 2 aromatic rings. The van der Waals surface area contributed by atoms with Crippen molar-refractivity contribution in [2.24, 2.45) is 7.05 Å². The summed E-state index contributed by atoms with van der Waals surface area (Å²) in [6.45, 7) is 1.87. The van der Waals surface area contributed by atoms with Gasteiger partial charge in [-0.15, -0.1) is 0 Å². The van der Waals surface area contributed by atoms with Crippen molar-refractivity contribution in [1.29, 1.82) is 0 Å². The smallest absolute Gasteiger partial charge is 0.243 e. The van der Waals surface area contributed by atoms with Gasteiger partial charge in [0.25, 0.3) is 0 Å². The lowest BCUT2D eigenvalue weighted by Crippen LogP contribution is -2.50. The zero-order valence-corrected chi connectivity index (χ0v) is 11.4. The Morgan fingerprint density at radius 1 is 1.53 bits per heavy atom. The van der Waals surface area contributed by atoms with Gasteiger partial charge in [0, 0.05) is 13.1 Å². The Balaban J connectivity index is 1.95. The third-order valence-electron chi connectivity index (χ3n) is 3.22. The van der Waals surface area contributed by atoms with Crippen LogP contribution in [0.15, 0.2) is 6.07 Å². The van der Waals surface area contributed by atoms with Gasteiger partial charge in [0.1, 0.15) is 17.6 Å². The van der Waals surface area contributed by atoms with Gasteiger partial charge in [0.05, 0.1) is 18.7 Å². The second-order valence-corrected chi connectivity index (χ2v) is 5.16. The number of ether oxygens (including phenoxy) is 2. The highest BCUT2D eigenvalue weighted by molar-refractivity contribution is 6.30. The minimum atomic E-state index is -1.43. The van der Waals surface area contributed by atoms with Crippen molar-refractivity contribution in [2.75, 3.05) is 19.8 Å². The predicted molar refractivity (Wildman–Crippen MR) is 68.4 cm³/mol. The molecule has 19 heavy (non-hydrogen) atoms. The molecule has 0 saturated carbocycles. The first-order chi connectivity index (χ1) is 8.98. The van der Waals surface area contributed by atoms with Crippen molar-refractivity contribution in [3.63, 3.8) is 0 Å². The number of aryl methyl sites for hydroxylation is 2. The van der Waals surface area contributed by atoms with Crippen LogP contribution < -0.4 is 4.74 Å². The fourth-order valence-electron chi connectivity index (χ4n) is 1.95. The van der Waals surface area contributed by atoms with Gasteiger partial charge in [0.15, 0.2) is 11.2 Å². The Morgan fingerprint density at radius 2 is 2.26 bits per heavy atom. The standard InChI is InChI=1S/C12H13ClFN3O2/c1-7-15-10-8(17(7)2)3-9(13)16-11(10)19-6-12(14)4-18-5-12/h3H,4-6H2,1-2H3. The molecule has 0 N–H and O–H groups in total. The number of alkyl halides is 1. The van der Waals surface area contributed by atoms with Crippen molar-refractivity contribution in [3.05, 3.63) is 17.0 Å². The molecule has 7 heteroatoms. The number of imidazole rings is 1. The monoisotopic (exact) mass is 285 g/mol. The molecule has 102 valence electrons. The van der Waals surface area contributed by atoms with E-state index in [1.165, 1.54) is 0 Å². The lowest BCUT2D eigenvalue weighted by molar-refractivity contribution is -0.146. The fourth-order valence-corrected chi connectivity index (χ4v) is 2.13. The van der Waals surface area contributed by atoms with E-state index in [0.29, 0.717) is 10.7 Å². The van der Waals surface area contributed by atoms with Crippen molar-refractivity contribution in [3.8, 4) is 5.88 Å². The van der Waals surface area contributed by atoms with E-state index in [2.05, 4.69) is 9.97 Å². The predicted octanol–water partition coefficient (Wildman–Crippen LogP) is 2.05. The molecule has 0 unspecified atom stereocenters. The first-order valence-electron chi connectivity index (χ1n) is 5.87. The van der Waals surface area contributed by atoms with E-state index in [-0.39, 0.29) is 25.7 Å². The molecule has 0 atom stereocenters. The highest BCUT2D eigenvalue weighted by Crippen LogP contribution is 2.29. The third kappa shape index (κ3) is 2.15. The van der Waals surface area contributed by atoms with Crippen LogP contribution >= 0.6 is 11.6 Å². The number of hydrogen-bond donors (Lipinski definition) is 0. The second-order valence-electron chi connectivity index (χ2n) is 4.77. The van der Waals surface area contributed by atoms with Gasteiger partial charge in [-0.1, -0.05) is 11.6 Å².